The van der Waals surface area contributed by atoms with Crippen LogP contribution in [-0.4, -0.2) is 24.0 Å². The van der Waals surface area contributed by atoms with Crippen molar-refractivity contribution in [1.82, 2.24) is 4.90 Å². The van der Waals surface area contributed by atoms with Crippen LogP contribution in [0.25, 0.3) is 0 Å². The van der Waals surface area contributed by atoms with Gasteiger partial charge in [-0.05, 0) is 50.4 Å². The van der Waals surface area contributed by atoms with Gasteiger partial charge in [0.25, 0.3) is 0 Å². The highest BCUT2D eigenvalue weighted by Gasteiger charge is 2.35. The zero-order valence-electron chi connectivity index (χ0n) is 12.9. The molecule has 1 saturated heterocycles. The molecule has 0 spiro atoms. The first-order valence-electron chi connectivity index (χ1n) is 7.76. The Morgan fingerprint density at radius 1 is 1.30 bits per heavy atom. The predicted molar refractivity (Wildman–Crippen MR) is 89.5 cm³/mol. The highest BCUT2D eigenvalue weighted by molar-refractivity contribution is 7.16. The minimum Gasteiger partial charge on any atom is -0.326 e. The lowest BCUT2D eigenvalue weighted by Gasteiger charge is -2.44. The van der Waals surface area contributed by atoms with Crippen LogP contribution in [0.5, 0.6) is 0 Å². The van der Waals surface area contributed by atoms with Gasteiger partial charge in [-0.2, -0.15) is 0 Å². The molecular formula is C16H27ClN2S. The lowest BCUT2D eigenvalue weighted by atomic mass is 9.74. The highest BCUT2D eigenvalue weighted by atomic mass is 35.5. The molecule has 0 bridgehead atoms. The van der Waals surface area contributed by atoms with Gasteiger partial charge in [-0.25, -0.2) is 0 Å². The van der Waals surface area contributed by atoms with Gasteiger partial charge >= 0.3 is 0 Å². The van der Waals surface area contributed by atoms with Crippen molar-refractivity contribution in [3.8, 4) is 0 Å². The molecule has 1 aromatic rings. The van der Waals surface area contributed by atoms with Crippen molar-refractivity contribution in [1.29, 1.82) is 0 Å². The summed E-state index contributed by atoms with van der Waals surface area (Å²) in [4.78, 5) is 3.88. The minimum atomic E-state index is 0.139. The molecule has 1 aromatic heterocycles. The summed E-state index contributed by atoms with van der Waals surface area (Å²) in [5.41, 5.74) is 6.82. The second-order valence-corrected chi connectivity index (χ2v) is 7.94. The maximum atomic E-state index is 6.26. The van der Waals surface area contributed by atoms with Crippen molar-refractivity contribution in [2.24, 2.45) is 11.1 Å². The quantitative estimate of drug-likeness (QED) is 0.854. The van der Waals surface area contributed by atoms with Gasteiger partial charge in [0.15, 0.2) is 0 Å². The van der Waals surface area contributed by atoms with Crippen molar-refractivity contribution in [3.63, 3.8) is 0 Å². The van der Waals surface area contributed by atoms with Crippen molar-refractivity contribution >= 4 is 22.9 Å². The third-order valence-corrected chi connectivity index (χ3v) is 6.44. The molecule has 2 heterocycles. The fraction of sp³-hybridized carbons (Fsp3) is 0.750. The Labute approximate surface area is 132 Å². The minimum absolute atomic E-state index is 0.139. The summed E-state index contributed by atoms with van der Waals surface area (Å²) >= 11 is 7.77. The van der Waals surface area contributed by atoms with Gasteiger partial charge in [0, 0.05) is 10.9 Å². The molecule has 4 heteroatoms. The summed E-state index contributed by atoms with van der Waals surface area (Å²) < 4.78 is 0.860. The number of thiophene rings is 1. The summed E-state index contributed by atoms with van der Waals surface area (Å²) in [6, 6.07) is 4.59. The van der Waals surface area contributed by atoms with E-state index < -0.39 is 0 Å². The SMILES string of the molecule is CCC1(CC)CCN(C(c2ccc(Cl)s2)C(C)N)CC1. The fourth-order valence-corrected chi connectivity index (χ4v) is 4.80. The number of hydrogen-bond acceptors (Lipinski definition) is 3. The van der Waals surface area contributed by atoms with Gasteiger partial charge in [0.05, 0.1) is 10.4 Å². The van der Waals surface area contributed by atoms with E-state index in [2.05, 4.69) is 31.7 Å². The largest absolute Gasteiger partial charge is 0.326 e. The van der Waals surface area contributed by atoms with Gasteiger partial charge in [-0.15, -0.1) is 11.3 Å². The van der Waals surface area contributed by atoms with E-state index in [1.165, 1.54) is 30.6 Å². The predicted octanol–water partition coefficient (Wildman–Crippen LogP) is 4.69. The summed E-state index contributed by atoms with van der Waals surface area (Å²) in [5.74, 6) is 0. The van der Waals surface area contributed by atoms with Crippen molar-refractivity contribution in [2.75, 3.05) is 13.1 Å². The maximum absolute atomic E-state index is 6.26. The molecule has 0 aromatic carbocycles. The summed E-state index contributed by atoms with van der Waals surface area (Å²) in [6.07, 6.45) is 5.18. The average molecular weight is 315 g/mol. The van der Waals surface area contributed by atoms with Crippen molar-refractivity contribution in [3.05, 3.63) is 21.3 Å². The Balaban J connectivity index is 2.10. The lowest BCUT2D eigenvalue weighted by Crippen LogP contribution is -2.46. The topological polar surface area (TPSA) is 29.3 Å². The first-order valence-corrected chi connectivity index (χ1v) is 8.95. The van der Waals surface area contributed by atoms with Crippen molar-refractivity contribution in [2.45, 2.75) is 58.5 Å². The van der Waals surface area contributed by atoms with Crippen LogP contribution in [0.1, 0.15) is 57.4 Å². The van der Waals surface area contributed by atoms with E-state index in [9.17, 15) is 0 Å². The normalized spacial score (nSPS) is 22.6. The molecule has 1 fully saturated rings. The van der Waals surface area contributed by atoms with E-state index in [0.717, 1.165) is 17.4 Å². The zero-order valence-corrected chi connectivity index (χ0v) is 14.4. The fourth-order valence-electron chi connectivity index (χ4n) is 3.49. The second-order valence-electron chi connectivity index (χ2n) is 6.19. The van der Waals surface area contributed by atoms with E-state index in [1.807, 2.05) is 6.07 Å². The van der Waals surface area contributed by atoms with Crippen molar-refractivity contribution < 1.29 is 0 Å². The molecule has 0 saturated carbocycles. The third kappa shape index (κ3) is 3.38. The Bertz CT molecular complexity index is 416. The summed E-state index contributed by atoms with van der Waals surface area (Å²) in [7, 11) is 0. The average Bonchev–Trinajstić information content (AvgIpc) is 2.86. The van der Waals surface area contributed by atoms with Crippen LogP contribution in [0.2, 0.25) is 4.34 Å². The van der Waals surface area contributed by atoms with Gasteiger partial charge in [0.2, 0.25) is 0 Å². The van der Waals surface area contributed by atoms with Crippen LogP contribution in [0.15, 0.2) is 12.1 Å². The highest BCUT2D eigenvalue weighted by Crippen LogP contribution is 2.41. The number of halogens is 1. The van der Waals surface area contributed by atoms with Crippen LogP contribution in [0.4, 0.5) is 0 Å². The van der Waals surface area contributed by atoms with Crippen LogP contribution >= 0.6 is 22.9 Å². The van der Waals surface area contributed by atoms with Gasteiger partial charge in [0.1, 0.15) is 0 Å². The van der Waals surface area contributed by atoms with E-state index >= 15 is 0 Å². The van der Waals surface area contributed by atoms with Crippen LogP contribution < -0.4 is 5.73 Å². The molecule has 2 unspecified atom stereocenters. The number of piperidine rings is 1. The summed E-state index contributed by atoms with van der Waals surface area (Å²) in [5, 5.41) is 0. The smallest absolute Gasteiger partial charge is 0.0931 e. The molecule has 0 radical (unpaired) electrons. The van der Waals surface area contributed by atoms with Gasteiger partial charge in [-0.3, -0.25) is 4.90 Å². The zero-order chi connectivity index (χ0) is 14.8. The van der Waals surface area contributed by atoms with Gasteiger partial charge in [-0.1, -0.05) is 38.3 Å². The summed E-state index contributed by atoms with van der Waals surface area (Å²) in [6.45, 7) is 9.09. The van der Waals surface area contributed by atoms with Crippen LogP contribution in [0.3, 0.4) is 0 Å². The van der Waals surface area contributed by atoms with E-state index in [0.29, 0.717) is 11.5 Å². The molecule has 2 rings (SSSR count). The lowest BCUT2D eigenvalue weighted by molar-refractivity contribution is 0.0599. The van der Waals surface area contributed by atoms with Crippen LogP contribution in [0, 0.1) is 5.41 Å². The molecule has 20 heavy (non-hydrogen) atoms. The maximum Gasteiger partial charge on any atom is 0.0931 e. The van der Waals surface area contributed by atoms with Crippen LogP contribution in [-0.2, 0) is 0 Å². The molecule has 1 aliphatic heterocycles. The number of likely N-dealkylation sites (tertiary alicyclic amines) is 1. The molecule has 2 N–H and O–H groups in total. The number of nitrogens with two attached hydrogens (primary N) is 1. The van der Waals surface area contributed by atoms with E-state index in [-0.39, 0.29) is 6.04 Å². The Morgan fingerprint density at radius 3 is 2.30 bits per heavy atom. The second kappa shape index (κ2) is 6.78. The number of hydrogen-bond donors (Lipinski definition) is 1. The third-order valence-electron chi connectivity index (χ3n) is 5.14. The molecular weight excluding hydrogens is 288 g/mol. The first-order chi connectivity index (χ1) is 9.51. The number of rotatable bonds is 5. The molecule has 0 amide bonds. The Hall–Kier alpha value is -0.0900. The van der Waals surface area contributed by atoms with E-state index in [4.69, 9.17) is 17.3 Å². The molecule has 1 aliphatic rings. The monoisotopic (exact) mass is 314 g/mol. The molecule has 2 atom stereocenters. The Morgan fingerprint density at radius 2 is 1.90 bits per heavy atom. The van der Waals surface area contributed by atoms with Gasteiger partial charge < -0.3 is 5.73 Å². The Kier molecular flexibility index (Phi) is 5.52. The number of nitrogens with zero attached hydrogens (tertiary/aromatic N) is 1. The molecule has 0 aliphatic carbocycles. The van der Waals surface area contributed by atoms with E-state index in [1.54, 1.807) is 11.3 Å². The molecule has 2 nitrogen and oxygen atoms in total. The molecule has 114 valence electrons. The standard InChI is InChI=1S/C16H27ClN2S/c1-4-16(5-2)8-10-19(11-9-16)15(12(3)18)13-6-7-14(17)20-13/h6-7,12,15H,4-5,8-11,18H2,1-3H3. The first kappa shape index (κ1) is 16.3.